The van der Waals surface area contributed by atoms with E-state index >= 15 is 0 Å². The number of aromatic hydroxyl groups is 3. The molecule has 0 fully saturated rings. The molecule has 0 bridgehead atoms. The van der Waals surface area contributed by atoms with Crippen LogP contribution in [0.15, 0.2) is 30.5 Å². The van der Waals surface area contributed by atoms with Crippen molar-refractivity contribution < 1.29 is 39.5 Å². The highest BCUT2D eigenvalue weighted by atomic mass is 16.7. The first-order valence-electron chi connectivity index (χ1n) is 7.61. The Kier molecular flexibility index (Phi) is 2.48. The number of phenolic OH excluding ortho intramolecular Hbond substituents is 3. The van der Waals surface area contributed by atoms with Crippen LogP contribution in [-0.4, -0.2) is 38.3 Å². The highest BCUT2D eigenvalue weighted by Gasteiger charge is 2.54. The first kappa shape index (κ1) is 14.8. The van der Waals surface area contributed by atoms with Crippen molar-refractivity contribution >= 4 is 11.6 Å². The SMILES string of the molecule is O=C1c2cc3c(c(O)c2C(=O)c2c(O)ccc(O)c21)[C@]1(O)C=CO[C@@H]1O3. The van der Waals surface area contributed by atoms with Gasteiger partial charge in [-0.15, -0.1) is 0 Å². The minimum Gasteiger partial charge on any atom is -0.507 e. The molecule has 2 aromatic rings. The van der Waals surface area contributed by atoms with Crippen LogP contribution < -0.4 is 4.74 Å². The van der Waals surface area contributed by atoms with Crippen LogP contribution in [0.3, 0.4) is 0 Å². The molecule has 0 amide bonds. The van der Waals surface area contributed by atoms with Crippen molar-refractivity contribution in [2.75, 3.05) is 0 Å². The third kappa shape index (κ3) is 1.48. The maximum Gasteiger partial charge on any atom is 0.277 e. The molecule has 0 spiro atoms. The average molecular weight is 354 g/mol. The summed E-state index contributed by atoms with van der Waals surface area (Å²) in [5.41, 5.74) is -3.24. The fraction of sp³-hybridized carbons (Fsp3) is 0.111. The summed E-state index contributed by atoms with van der Waals surface area (Å²) in [6.45, 7) is 0. The van der Waals surface area contributed by atoms with Gasteiger partial charge in [0.1, 0.15) is 23.0 Å². The molecule has 0 saturated carbocycles. The Hall–Kier alpha value is -3.52. The summed E-state index contributed by atoms with van der Waals surface area (Å²) >= 11 is 0. The van der Waals surface area contributed by atoms with E-state index in [2.05, 4.69) is 0 Å². The summed E-state index contributed by atoms with van der Waals surface area (Å²) in [7, 11) is 0. The van der Waals surface area contributed by atoms with E-state index in [4.69, 9.17) is 9.47 Å². The third-order valence-corrected chi connectivity index (χ3v) is 4.87. The van der Waals surface area contributed by atoms with Gasteiger partial charge in [-0.1, -0.05) is 0 Å². The zero-order chi connectivity index (χ0) is 18.4. The van der Waals surface area contributed by atoms with Gasteiger partial charge in [0.2, 0.25) is 5.78 Å². The number of rotatable bonds is 0. The molecule has 3 aliphatic rings. The van der Waals surface area contributed by atoms with Crippen molar-refractivity contribution in [2.45, 2.75) is 11.9 Å². The lowest BCUT2D eigenvalue weighted by molar-refractivity contribution is -0.110. The maximum atomic E-state index is 12.9. The van der Waals surface area contributed by atoms with Crippen molar-refractivity contribution in [3.05, 3.63) is 58.4 Å². The molecule has 2 atom stereocenters. The molecular weight excluding hydrogens is 344 g/mol. The van der Waals surface area contributed by atoms with E-state index in [1.807, 2.05) is 0 Å². The number of ketones is 2. The van der Waals surface area contributed by atoms with E-state index in [-0.39, 0.29) is 28.0 Å². The summed E-state index contributed by atoms with van der Waals surface area (Å²) in [6, 6.07) is 3.39. The van der Waals surface area contributed by atoms with Crippen LogP contribution in [-0.2, 0) is 10.3 Å². The number of carbonyl (C=O) groups is 2. The number of phenols is 3. The van der Waals surface area contributed by atoms with E-state index in [1.54, 1.807) is 0 Å². The molecule has 26 heavy (non-hydrogen) atoms. The van der Waals surface area contributed by atoms with Gasteiger partial charge in [0.15, 0.2) is 11.4 Å². The zero-order valence-corrected chi connectivity index (χ0v) is 12.9. The fourth-order valence-corrected chi connectivity index (χ4v) is 3.66. The van der Waals surface area contributed by atoms with Crippen molar-refractivity contribution in [3.8, 4) is 23.0 Å². The third-order valence-electron chi connectivity index (χ3n) is 4.87. The first-order chi connectivity index (χ1) is 12.3. The van der Waals surface area contributed by atoms with Crippen LogP contribution in [0.5, 0.6) is 23.0 Å². The number of carbonyl (C=O) groups excluding carboxylic acids is 2. The second kappa shape index (κ2) is 4.36. The molecule has 8 nitrogen and oxygen atoms in total. The number of benzene rings is 2. The monoisotopic (exact) mass is 354 g/mol. The Labute approximate surface area is 145 Å². The predicted molar refractivity (Wildman–Crippen MR) is 83.3 cm³/mol. The average Bonchev–Trinajstić information content (AvgIpc) is 3.07. The Bertz CT molecular complexity index is 1080. The molecule has 4 N–H and O–H groups in total. The summed E-state index contributed by atoms with van der Waals surface area (Å²) in [4.78, 5) is 25.7. The largest absolute Gasteiger partial charge is 0.507 e. The second-order valence-electron chi connectivity index (χ2n) is 6.25. The Balaban J connectivity index is 1.84. The summed E-state index contributed by atoms with van der Waals surface area (Å²) in [5, 5.41) is 41.4. The lowest BCUT2D eigenvalue weighted by Gasteiger charge is -2.23. The molecule has 1 aliphatic carbocycles. The van der Waals surface area contributed by atoms with Crippen molar-refractivity contribution in [1.82, 2.24) is 0 Å². The molecule has 2 heterocycles. The maximum absolute atomic E-state index is 12.9. The number of ether oxygens (including phenoxy) is 2. The minimum atomic E-state index is -1.81. The van der Waals surface area contributed by atoms with Gasteiger partial charge < -0.3 is 29.9 Å². The molecule has 5 rings (SSSR count). The van der Waals surface area contributed by atoms with Gasteiger partial charge in [-0.3, -0.25) is 9.59 Å². The Morgan fingerprint density at radius 1 is 0.962 bits per heavy atom. The summed E-state index contributed by atoms with van der Waals surface area (Å²) in [6.07, 6.45) is 1.32. The highest BCUT2D eigenvalue weighted by molar-refractivity contribution is 6.31. The zero-order valence-electron chi connectivity index (χ0n) is 12.9. The predicted octanol–water partition coefficient (Wildman–Crippen LogP) is 1.03. The van der Waals surface area contributed by atoms with Gasteiger partial charge in [-0.05, 0) is 24.3 Å². The summed E-state index contributed by atoms with van der Waals surface area (Å²) in [5.74, 6) is -3.22. The fourth-order valence-electron chi connectivity index (χ4n) is 3.66. The molecule has 2 aromatic carbocycles. The van der Waals surface area contributed by atoms with E-state index < -0.39 is 46.3 Å². The van der Waals surface area contributed by atoms with Crippen molar-refractivity contribution in [2.24, 2.45) is 0 Å². The van der Waals surface area contributed by atoms with E-state index in [9.17, 15) is 30.0 Å². The van der Waals surface area contributed by atoms with Crippen LogP contribution in [0.4, 0.5) is 0 Å². The number of fused-ring (bicyclic) bond motifs is 5. The van der Waals surface area contributed by atoms with Crippen LogP contribution in [0.1, 0.15) is 37.4 Å². The van der Waals surface area contributed by atoms with Gasteiger partial charge in [0.25, 0.3) is 6.29 Å². The topological polar surface area (TPSA) is 134 Å². The quantitative estimate of drug-likeness (QED) is 0.440. The molecule has 0 radical (unpaired) electrons. The Morgan fingerprint density at radius 2 is 1.62 bits per heavy atom. The van der Waals surface area contributed by atoms with Crippen LogP contribution in [0.2, 0.25) is 0 Å². The summed E-state index contributed by atoms with van der Waals surface area (Å²) < 4.78 is 10.6. The van der Waals surface area contributed by atoms with Crippen molar-refractivity contribution in [3.63, 3.8) is 0 Å². The molecule has 8 heteroatoms. The molecule has 130 valence electrons. The van der Waals surface area contributed by atoms with E-state index in [1.165, 1.54) is 18.4 Å². The smallest absolute Gasteiger partial charge is 0.277 e. The molecular formula is C18H10O8. The minimum absolute atomic E-state index is 0.0117. The van der Waals surface area contributed by atoms with Crippen LogP contribution in [0.25, 0.3) is 0 Å². The molecule has 0 saturated heterocycles. The molecule has 0 unspecified atom stereocenters. The number of hydrogen-bond acceptors (Lipinski definition) is 8. The van der Waals surface area contributed by atoms with Gasteiger partial charge >= 0.3 is 0 Å². The standard InChI is InChI=1S/C18H10O8/c19-7-1-2-8(20)12-11(7)14(21)6-5-9-13(16(23)10(6)15(12)22)18(24)3-4-25-17(18)26-9/h1-5,17,19-20,23-24H/t17-,18-/m1/s1. The molecule has 0 aromatic heterocycles. The van der Waals surface area contributed by atoms with E-state index in [0.29, 0.717) is 0 Å². The highest BCUT2D eigenvalue weighted by Crippen LogP contribution is 2.53. The number of hydrogen-bond donors (Lipinski definition) is 4. The number of aliphatic hydroxyl groups is 1. The van der Waals surface area contributed by atoms with Gasteiger partial charge in [0, 0.05) is 5.56 Å². The first-order valence-corrected chi connectivity index (χ1v) is 7.61. The lowest BCUT2D eigenvalue weighted by atomic mass is 9.80. The van der Waals surface area contributed by atoms with Crippen LogP contribution in [0, 0.1) is 0 Å². The second-order valence-corrected chi connectivity index (χ2v) is 6.25. The van der Waals surface area contributed by atoms with E-state index in [0.717, 1.165) is 12.1 Å². The Morgan fingerprint density at radius 3 is 2.31 bits per heavy atom. The molecule has 2 aliphatic heterocycles. The van der Waals surface area contributed by atoms with Gasteiger partial charge in [-0.2, -0.15) is 0 Å². The van der Waals surface area contributed by atoms with Crippen molar-refractivity contribution in [1.29, 1.82) is 0 Å². The van der Waals surface area contributed by atoms with Gasteiger partial charge in [0.05, 0.1) is 28.5 Å². The van der Waals surface area contributed by atoms with Gasteiger partial charge in [-0.25, -0.2) is 0 Å². The normalized spacial score (nSPS) is 24.4. The van der Waals surface area contributed by atoms with Crippen LogP contribution >= 0.6 is 0 Å². The lowest BCUT2D eigenvalue weighted by Crippen LogP contribution is -2.33.